The molecule has 0 spiro atoms. The molecule has 1 saturated heterocycles. The van der Waals surface area contributed by atoms with E-state index >= 15 is 0 Å². The fourth-order valence-corrected chi connectivity index (χ4v) is 3.56. The highest BCUT2D eigenvalue weighted by molar-refractivity contribution is 7.90. The highest BCUT2D eigenvalue weighted by atomic mass is 32.2. The van der Waals surface area contributed by atoms with Gasteiger partial charge in [0.25, 0.3) is 0 Å². The minimum Gasteiger partial charge on any atom is -0.486 e. The standard InChI is InChI=1S/C19H22FNO4S/c1-13(2)26(22,23)21-18-11-24-12-19(18)25-17-9-5-15(6-10-17)14-3-7-16(20)8-4-14/h3-10,13,18-19,21H,11-12H2,1-2H3/t18-,19+/m0/s1. The van der Waals surface area contributed by atoms with E-state index in [9.17, 15) is 12.8 Å². The highest BCUT2D eigenvalue weighted by Crippen LogP contribution is 2.24. The van der Waals surface area contributed by atoms with Gasteiger partial charge in [-0.25, -0.2) is 17.5 Å². The molecule has 0 radical (unpaired) electrons. The quantitative estimate of drug-likeness (QED) is 0.838. The van der Waals surface area contributed by atoms with Crippen LogP contribution in [0.4, 0.5) is 4.39 Å². The Morgan fingerprint density at radius 2 is 1.62 bits per heavy atom. The van der Waals surface area contributed by atoms with Gasteiger partial charge in [-0.05, 0) is 49.2 Å². The number of nitrogens with one attached hydrogen (secondary N) is 1. The summed E-state index contributed by atoms with van der Waals surface area (Å²) in [6.07, 6.45) is -0.389. The lowest BCUT2D eigenvalue weighted by molar-refractivity contribution is 0.140. The van der Waals surface area contributed by atoms with Gasteiger partial charge < -0.3 is 9.47 Å². The van der Waals surface area contributed by atoms with E-state index in [0.717, 1.165) is 11.1 Å². The van der Waals surface area contributed by atoms with Crippen LogP contribution < -0.4 is 9.46 Å². The summed E-state index contributed by atoms with van der Waals surface area (Å²) in [5.74, 6) is 0.352. The van der Waals surface area contributed by atoms with E-state index in [4.69, 9.17) is 9.47 Å². The molecule has 5 nitrogen and oxygen atoms in total. The van der Waals surface area contributed by atoms with Gasteiger partial charge in [-0.15, -0.1) is 0 Å². The zero-order valence-corrected chi connectivity index (χ0v) is 15.5. The Labute approximate surface area is 153 Å². The number of rotatable bonds is 6. The largest absolute Gasteiger partial charge is 0.486 e. The van der Waals surface area contributed by atoms with Gasteiger partial charge in [0.05, 0.1) is 24.5 Å². The van der Waals surface area contributed by atoms with Crippen molar-refractivity contribution in [3.05, 3.63) is 54.3 Å². The first-order chi connectivity index (χ1) is 12.3. The van der Waals surface area contributed by atoms with Crippen LogP contribution in [0.15, 0.2) is 48.5 Å². The molecule has 1 N–H and O–H groups in total. The minimum atomic E-state index is -3.39. The molecule has 0 aliphatic carbocycles. The van der Waals surface area contributed by atoms with Crippen LogP contribution in [0, 0.1) is 5.82 Å². The van der Waals surface area contributed by atoms with E-state index in [0.29, 0.717) is 12.4 Å². The third kappa shape index (κ3) is 4.41. The van der Waals surface area contributed by atoms with Crippen LogP contribution in [-0.2, 0) is 14.8 Å². The number of halogens is 1. The third-order valence-corrected chi connectivity index (χ3v) is 6.16. The van der Waals surface area contributed by atoms with Gasteiger partial charge in [0.1, 0.15) is 17.7 Å². The number of benzene rings is 2. The van der Waals surface area contributed by atoms with Crippen LogP contribution in [-0.4, -0.2) is 39.0 Å². The van der Waals surface area contributed by atoms with Crippen molar-refractivity contribution in [2.45, 2.75) is 31.2 Å². The summed E-state index contributed by atoms with van der Waals surface area (Å²) in [6, 6.07) is 13.2. The number of hydrogen-bond donors (Lipinski definition) is 1. The molecule has 0 unspecified atom stereocenters. The van der Waals surface area contributed by atoms with Gasteiger partial charge in [-0.1, -0.05) is 24.3 Å². The molecule has 0 bridgehead atoms. The lowest BCUT2D eigenvalue weighted by atomic mass is 10.1. The smallest absolute Gasteiger partial charge is 0.214 e. The number of sulfonamides is 1. The SMILES string of the molecule is CC(C)S(=O)(=O)N[C@H]1COC[C@H]1Oc1ccc(-c2ccc(F)cc2)cc1. The highest BCUT2D eigenvalue weighted by Gasteiger charge is 2.34. The first-order valence-electron chi connectivity index (χ1n) is 8.47. The second-order valence-corrected chi connectivity index (χ2v) is 8.81. The molecule has 1 heterocycles. The Bertz CT molecular complexity index is 835. The van der Waals surface area contributed by atoms with E-state index in [2.05, 4.69) is 4.72 Å². The zero-order chi connectivity index (χ0) is 18.7. The monoisotopic (exact) mass is 379 g/mol. The van der Waals surface area contributed by atoms with E-state index in [1.54, 1.807) is 26.0 Å². The van der Waals surface area contributed by atoms with Gasteiger partial charge in [0.15, 0.2) is 0 Å². The summed E-state index contributed by atoms with van der Waals surface area (Å²) < 4.78 is 51.1. The average molecular weight is 379 g/mol. The average Bonchev–Trinajstić information content (AvgIpc) is 3.02. The first kappa shape index (κ1) is 18.8. The summed E-state index contributed by atoms with van der Waals surface area (Å²) >= 11 is 0. The van der Waals surface area contributed by atoms with Crippen molar-refractivity contribution in [3.8, 4) is 16.9 Å². The molecule has 26 heavy (non-hydrogen) atoms. The van der Waals surface area contributed by atoms with E-state index in [1.807, 2.05) is 24.3 Å². The Hall–Kier alpha value is -1.96. The zero-order valence-electron chi connectivity index (χ0n) is 14.7. The van der Waals surface area contributed by atoms with E-state index < -0.39 is 21.3 Å². The molecule has 2 aromatic rings. The van der Waals surface area contributed by atoms with Crippen LogP contribution in [0.1, 0.15) is 13.8 Å². The van der Waals surface area contributed by atoms with Crippen molar-refractivity contribution >= 4 is 10.0 Å². The lowest BCUT2D eigenvalue weighted by Gasteiger charge is -2.21. The molecule has 1 aliphatic heterocycles. The van der Waals surface area contributed by atoms with Crippen LogP contribution >= 0.6 is 0 Å². The molecule has 0 saturated carbocycles. The van der Waals surface area contributed by atoms with Crippen molar-refractivity contribution in [2.24, 2.45) is 0 Å². The third-order valence-electron chi connectivity index (χ3n) is 4.28. The van der Waals surface area contributed by atoms with E-state index in [1.165, 1.54) is 12.1 Å². The van der Waals surface area contributed by atoms with Gasteiger partial charge in [-0.2, -0.15) is 0 Å². The van der Waals surface area contributed by atoms with Crippen molar-refractivity contribution < 1.29 is 22.3 Å². The van der Waals surface area contributed by atoms with Crippen molar-refractivity contribution in [3.63, 3.8) is 0 Å². The maximum Gasteiger partial charge on any atom is 0.214 e. The summed E-state index contributed by atoms with van der Waals surface area (Å²) in [7, 11) is -3.39. The molecule has 0 aromatic heterocycles. The number of hydrogen-bond acceptors (Lipinski definition) is 4. The van der Waals surface area contributed by atoms with Crippen LogP contribution in [0.2, 0.25) is 0 Å². The maximum atomic E-state index is 13.0. The fourth-order valence-electron chi connectivity index (χ4n) is 2.65. The topological polar surface area (TPSA) is 64.6 Å². The van der Waals surface area contributed by atoms with Crippen molar-refractivity contribution in [1.82, 2.24) is 4.72 Å². The van der Waals surface area contributed by atoms with Gasteiger partial charge >= 0.3 is 0 Å². The van der Waals surface area contributed by atoms with Crippen LogP contribution in [0.5, 0.6) is 5.75 Å². The van der Waals surface area contributed by atoms with Gasteiger partial charge in [0, 0.05) is 0 Å². The first-order valence-corrected chi connectivity index (χ1v) is 10.0. The molecule has 140 valence electrons. The second kappa shape index (κ2) is 7.73. The summed E-state index contributed by atoms with van der Waals surface area (Å²) in [4.78, 5) is 0. The van der Waals surface area contributed by atoms with E-state index in [-0.39, 0.29) is 18.5 Å². The summed E-state index contributed by atoms with van der Waals surface area (Å²) in [6.45, 7) is 3.86. The Balaban J connectivity index is 1.67. The minimum absolute atomic E-state index is 0.273. The Morgan fingerprint density at radius 3 is 2.19 bits per heavy atom. The Morgan fingerprint density at radius 1 is 1.04 bits per heavy atom. The number of ether oxygens (including phenoxy) is 2. The summed E-state index contributed by atoms with van der Waals surface area (Å²) in [5, 5.41) is -0.515. The predicted molar refractivity (Wildman–Crippen MR) is 98.1 cm³/mol. The molecule has 3 rings (SSSR count). The second-order valence-electron chi connectivity index (χ2n) is 6.54. The van der Waals surface area contributed by atoms with Gasteiger partial charge in [-0.3, -0.25) is 0 Å². The van der Waals surface area contributed by atoms with Crippen LogP contribution in [0.25, 0.3) is 11.1 Å². The molecule has 2 atom stereocenters. The predicted octanol–water partition coefficient (Wildman–Crippen LogP) is 2.97. The molecule has 1 aliphatic rings. The summed E-state index contributed by atoms with van der Waals surface area (Å²) in [5.41, 5.74) is 1.85. The van der Waals surface area contributed by atoms with Crippen molar-refractivity contribution in [1.29, 1.82) is 0 Å². The fraction of sp³-hybridized carbons (Fsp3) is 0.368. The van der Waals surface area contributed by atoms with Gasteiger partial charge in [0.2, 0.25) is 10.0 Å². The molecule has 0 amide bonds. The van der Waals surface area contributed by atoms with Crippen molar-refractivity contribution in [2.75, 3.05) is 13.2 Å². The van der Waals surface area contributed by atoms with Crippen LogP contribution in [0.3, 0.4) is 0 Å². The lowest BCUT2D eigenvalue weighted by Crippen LogP contribution is -2.47. The normalized spacial score (nSPS) is 20.5. The Kier molecular flexibility index (Phi) is 5.60. The molecular weight excluding hydrogens is 357 g/mol. The molecular formula is C19H22FNO4S. The maximum absolute atomic E-state index is 13.0. The molecule has 2 aromatic carbocycles. The molecule has 7 heteroatoms. The molecule has 1 fully saturated rings.